The highest BCUT2D eigenvalue weighted by Gasteiger charge is 2.62. The molecule has 1 rings (SSSR count). The number of carbonyl (C=O) groups is 1. The Bertz CT molecular complexity index is 361. The molecule has 90 valence electrons. The van der Waals surface area contributed by atoms with Crippen LogP contribution in [0.4, 0.5) is 13.2 Å². The Balaban J connectivity index is 3.19. The maximum Gasteiger partial charge on any atom is 0.433 e. The van der Waals surface area contributed by atoms with E-state index < -0.39 is 22.6 Å². The number of halogens is 3. The van der Waals surface area contributed by atoms with Crippen LogP contribution in [-0.2, 0) is 15.1 Å². The number of hydrogen-bond donors (Lipinski definition) is 1. The van der Waals surface area contributed by atoms with Gasteiger partial charge in [0.15, 0.2) is 0 Å². The lowest BCUT2D eigenvalue weighted by Crippen LogP contribution is -2.49. The molecule has 0 amide bonds. The summed E-state index contributed by atoms with van der Waals surface area (Å²) in [5.74, 6) is -1.70. The van der Waals surface area contributed by atoms with Crippen molar-refractivity contribution in [3.8, 4) is 0 Å². The molecule has 1 aromatic rings. The molecule has 0 fully saturated rings. The third-order valence-electron chi connectivity index (χ3n) is 1.86. The highest BCUT2D eigenvalue weighted by Crippen LogP contribution is 2.41. The van der Waals surface area contributed by atoms with E-state index >= 15 is 0 Å². The second-order valence-electron chi connectivity index (χ2n) is 2.91. The van der Waals surface area contributed by atoms with Crippen molar-refractivity contribution in [3.05, 3.63) is 22.4 Å². The Labute approximate surface area is 93.5 Å². The summed E-state index contributed by atoms with van der Waals surface area (Å²) < 4.78 is 42.3. The molecule has 1 atom stereocenters. The highest BCUT2D eigenvalue weighted by molar-refractivity contribution is 7.10. The van der Waals surface area contributed by atoms with Crippen molar-refractivity contribution in [1.82, 2.24) is 0 Å². The average molecular weight is 254 g/mol. The van der Waals surface area contributed by atoms with Crippen LogP contribution in [0.3, 0.4) is 0 Å². The van der Waals surface area contributed by atoms with Crippen LogP contribution >= 0.6 is 11.3 Å². The number of alkyl halides is 3. The van der Waals surface area contributed by atoms with Gasteiger partial charge >= 0.3 is 12.1 Å². The number of ether oxygens (including phenoxy) is 1. The zero-order chi connectivity index (χ0) is 12.4. The minimum Gasteiger partial charge on any atom is -0.463 e. The fourth-order valence-electron chi connectivity index (χ4n) is 1.08. The van der Waals surface area contributed by atoms with Crippen molar-refractivity contribution >= 4 is 17.3 Å². The first-order valence-electron chi connectivity index (χ1n) is 4.34. The van der Waals surface area contributed by atoms with Gasteiger partial charge in [-0.15, -0.1) is 11.3 Å². The molecule has 1 aromatic heterocycles. The van der Waals surface area contributed by atoms with Gasteiger partial charge in [0.2, 0.25) is 0 Å². The zero-order valence-corrected chi connectivity index (χ0v) is 9.06. The lowest BCUT2D eigenvalue weighted by molar-refractivity contribution is -0.266. The molecule has 1 heterocycles. The van der Waals surface area contributed by atoms with E-state index in [1.165, 1.54) is 18.4 Å². The van der Waals surface area contributed by atoms with Gasteiger partial charge in [0.05, 0.1) is 11.5 Å². The maximum absolute atomic E-state index is 12.7. The van der Waals surface area contributed by atoms with E-state index in [9.17, 15) is 23.1 Å². The van der Waals surface area contributed by atoms with E-state index in [1.807, 2.05) is 0 Å². The smallest absolute Gasteiger partial charge is 0.433 e. The number of hydrogen-bond acceptors (Lipinski definition) is 4. The van der Waals surface area contributed by atoms with Crippen LogP contribution in [0.2, 0.25) is 0 Å². The summed E-state index contributed by atoms with van der Waals surface area (Å²) in [4.78, 5) is 10.7. The molecule has 3 nitrogen and oxygen atoms in total. The summed E-state index contributed by atoms with van der Waals surface area (Å²) in [6, 6.07) is 2.35. The van der Waals surface area contributed by atoms with Crippen molar-refractivity contribution < 1.29 is 27.8 Å². The second-order valence-corrected chi connectivity index (χ2v) is 3.85. The average Bonchev–Trinajstić information content (AvgIpc) is 2.67. The Kier molecular flexibility index (Phi) is 3.59. The van der Waals surface area contributed by atoms with Gasteiger partial charge in [-0.1, -0.05) is 6.07 Å². The molecule has 0 aliphatic rings. The van der Waals surface area contributed by atoms with Crippen molar-refractivity contribution in [2.45, 2.75) is 18.7 Å². The molecule has 0 unspecified atom stereocenters. The van der Waals surface area contributed by atoms with Crippen molar-refractivity contribution in [3.63, 3.8) is 0 Å². The molecule has 0 saturated heterocycles. The Morgan fingerprint density at radius 2 is 2.19 bits per heavy atom. The first-order chi connectivity index (χ1) is 7.34. The number of rotatable bonds is 3. The van der Waals surface area contributed by atoms with Crippen LogP contribution in [0.1, 0.15) is 11.8 Å². The van der Waals surface area contributed by atoms with Crippen LogP contribution in [-0.4, -0.2) is 23.9 Å². The molecule has 0 spiro atoms. The van der Waals surface area contributed by atoms with Crippen LogP contribution in [0.15, 0.2) is 17.5 Å². The van der Waals surface area contributed by atoms with Crippen LogP contribution in [0.25, 0.3) is 0 Å². The first kappa shape index (κ1) is 13.0. The SMILES string of the molecule is CCOC(=O)[C@](O)(c1cccs1)C(F)(F)F. The van der Waals surface area contributed by atoms with E-state index in [4.69, 9.17) is 0 Å². The summed E-state index contributed by atoms with van der Waals surface area (Å²) in [5.41, 5.74) is -3.57. The number of esters is 1. The molecular formula is C9H9F3O3S. The Morgan fingerprint density at radius 3 is 2.56 bits per heavy atom. The molecule has 0 aliphatic carbocycles. The molecule has 0 saturated carbocycles. The summed E-state index contributed by atoms with van der Waals surface area (Å²) >= 11 is 0.640. The van der Waals surface area contributed by atoms with Gasteiger partial charge in [-0.3, -0.25) is 0 Å². The lowest BCUT2D eigenvalue weighted by atomic mass is 10.0. The van der Waals surface area contributed by atoms with Crippen molar-refractivity contribution in [2.24, 2.45) is 0 Å². The second kappa shape index (κ2) is 4.42. The minimum atomic E-state index is -5.11. The van der Waals surface area contributed by atoms with Gasteiger partial charge in [-0.25, -0.2) is 4.79 Å². The van der Waals surface area contributed by atoms with Crippen molar-refractivity contribution in [1.29, 1.82) is 0 Å². The van der Waals surface area contributed by atoms with E-state index in [-0.39, 0.29) is 6.61 Å². The molecule has 0 aliphatic heterocycles. The van der Waals surface area contributed by atoms with Gasteiger partial charge in [-0.2, -0.15) is 13.2 Å². The first-order valence-corrected chi connectivity index (χ1v) is 5.22. The number of thiophene rings is 1. The highest BCUT2D eigenvalue weighted by atomic mass is 32.1. The number of carbonyl (C=O) groups excluding carboxylic acids is 1. The molecular weight excluding hydrogens is 245 g/mol. The fourth-order valence-corrected chi connectivity index (χ4v) is 1.91. The van der Waals surface area contributed by atoms with Gasteiger partial charge in [-0.05, 0) is 18.4 Å². The molecule has 0 bridgehead atoms. The molecule has 0 aromatic carbocycles. The maximum atomic E-state index is 12.7. The van der Waals surface area contributed by atoms with Crippen LogP contribution < -0.4 is 0 Å². The topological polar surface area (TPSA) is 46.5 Å². The van der Waals surface area contributed by atoms with E-state index in [0.29, 0.717) is 11.3 Å². The monoisotopic (exact) mass is 254 g/mol. The van der Waals surface area contributed by atoms with E-state index in [1.54, 1.807) is 0 Å². The van der Waals surface area contributed by atoms with Crippen LogP contribution in [0, 0.1) is 0 Å². The molecule has 0 radical (unpaired) electrons. The summed E-state index contributed by atoms with van der Waals surface area (Å²) in [6.45, 7) is 1.13. The molecule has 16 heavy (non-hydrogen) atoms. The van der Waals surface area contributed by atoms with Gasteiger partial charge < -0.3 is 9.84 Å². The van der Waals surface area contributed by atoms with Crippen molar-refractivity contribution in [2.75, 3.05) is 6.61 Å². The lowest BCUT2D eigenvalue weighted by Gasteiger charge is -2.26. The third-order valence-corrected chi connectivity index (χ3v) is 2.84. The summed E-state index contributed by atoms with van der Waals surface area (Å²) in [7, 11) is 0. The van der Waals surface area contributed by atoms with E-state index in [0.717, 1.165) is 6.07 Å². The molecule has 7 heteroatoms. The Morgan fingerprint density at radius 1 is 1.56 bits per heavy atom. The van der Waals surface area contributed by atoms with Gasteiger partial charge in [0, 0.05) is 0 Å². The summed E-state index contributed by atoms with van der Waals surface area (Å²) in [6.07, 6.45) is -5.11. The quantitative estimate of drug-likeness (QED) is 0.840. The minimum absolute atomic E-state index is 0.234. The van der Waals surface area contributed by atoms with Gasteiger partial charge in [0.1, 0.15) is 0 Å². The van der Waals surface area contributed by atoms with Gasteiger partial charge in [0.25, 0.3) is 5.60 Å². The largest absolute Gasteiger partial charge is 0.463 e. The predicted octanol–water partition coefficient (Wildman–Crippen LogP) is 2.06. The number of aliphatic hydroxyl groups is 1. The zero-order valence-electron chi connectivity index (χ0n) is 8.25. The Hall–Kier alpha value is -1.08. The third kappa shape index (κ3) is 2.05. The fraction of sp³-hybridized carbons (Fsp3) is 0.444. The standard InChI is InChI=1S/C9H9F3O3S/c1-2-15-7(13)8(14,9(10,11)12)6-4-3-5-16-6/h3-5,14H,2H2,1H3/t8-/m1/s1. The van der Waals surface area contributed by atoms with E-state index in [2.05, 4.69) is 4.74 Å². The predicted molar refractivity (Wildman–Crippen MR) is 50.9 cm³/mol. The molecule has 1 N–H and O–H groups in total. The van der Waals surface area contributed by atoms with Crippen LogP contribution in [0.5, 0.6) is 0 Å². The normalized spacial score (nSPS) is 15.6. The summed E-state index contributed by atoms with van der Waals surface area (Å²) in [5, 5.41) is 10.9.